The average molecular weight is 387 g/mol. The van der Waals surface area contributed by atoms with Gasteiger partial charge >= 0.3 is 0 Å². The van der Waals surface area contributed by atoms with E-state index in [1.165, 1.54) is 12.8 Å². The smallest absolute Gasteiger partial charge is 0.156 e. The molecule has 2 unspecified atom stereocenters. The first-order chi connectivity index (χ1) is 12.0. The summed E-state index contributed by atoms with van der Waals surface area (Å²) in [5, 5.41) is 0.749. The Morgan fingerprint density at radius 1 is 1.24 bits per heavy atom. The lowest BCUT2D eigenvalue weighted by Gasteiger charge is -2.29. The zero-order valence-corrected chi connectivity index (χ0v) is 17.5. The predicted molar refractivity (Wildman–Crippen MR) is 111 cm³/mol. The van der Waals surface area contributed by atoms with Crippen molar-refractivity contribution in [3.63, 3.8) is 0 Å². The molecular weight excluding hydrogens is 355 g/mol. The fourth-order valence-corrected chi connectivity index (χ4v) is 3.41. The molecule has 1 heterocycles. The number of ether oxygens (including phenoxy) is 1. The van der Waals surface area contributed by atoms with Gasteiger partial charge < -0.3 is 4.74 Å². The molecule has 3 nitrogen and oxygen atoms in total. The number of allylic oxidation sites excluding steroid dienone is 2. The first-order valence-corrected chi connectivity index (χ1v) is 10.2. The van der Waals surface area contributed by atoms with Crippen LogP contribution in [0.1, 0.15) is 72.6 Å². The average Bonchev–Trinajstić information content (AvgIpc) is 2.60. The molecule has 1 aliphatic rings. The molecule has 0 aromatic carbocycles. The second kappa shape index (κ2) is 12.7. The van der Waals surface area contributed by atoms with Crippen molar-refractivity contribution in [1.82, 2.24) is 0 Å². The number of nitrogens with zero attached hydrogens (tertiary/aromatic N) is 2. The Hall–Kier alpha value is -0.640. The standard InChI is InChI=1S/C20H32Cl2N2O/c1-5-7-10-15(3)19(20(22)24-16(4)21)23-13-12-17(6-2)18-11-8-9-14-25-18/h10,13,17-18H,5-9,11-12,14H2,1-4H3/b15-10+,20-19+,23-13-,24-16+. The van der Waals surface area contributed by atoms with E-state index < -0.39 is 0 Å². The van der Waals surface area contributed by atoms with Gasteiger partial charge in [0.15, 0.2) is 5.16 Å². The van der Waals surface area contributed by atoms with Crippen LogP contribution in [0.3, 0.4) is 0 Å². The van der Waals surface area contributed by atoms with E-state index >= 15 is 0 Å². The third-order valence-corrected chi connectivity index (χ3v) is 4.80. The molecule has 0 aromatic rings. The number of halogens is 2. The van der Waals surface area contributed by atoms with Crippen molar-refractivity contribution in [3.05, 3.63) is 22.5 Å². The van der Waals surface area contributed by atoms with Crippen LogP contribution in [-0.2, 0) is 4.74 Å². The number of aliphatic imine (C=N–C) groups is 2. The lowest BCUT2D eigenvalue weighted by atomic mass is 9.91. The normalized spacial score (nSPS) is 22.2. The number of hydrogen-bond acceptors (Lipinski definition) is 3. The van der Waals surface area contributed by atoms with Crippen LogP contribution >= 0.6 is 23.2 Å². The largest absolute Gasteiger partial charge is 0.378 e. The van der Waals surface area contributed by atoms with Gasteiger partial charge in [-0.1, -0.05) is 56.0 Å². The highest BCUT2D eigenvalue weighted by Crippen LogP contribution is 2.26. The van der Waals surface area contributed by atoms with Crippen LogP contribution in [0.25, 0.3) is 0 Å². The van der Waals surface area contributed by atoms with Gasteiger partial charge in [-0.05, 0) is 57.4 Å². The van der Waals surface area contributed by atoms with Gasteiger partial charge in [-0.25, -0.2) is 4.99 Å². The van der Waals surface area contributed by atoms with E-state index in [4.69, 9.17) is 27.9 Å². The minimum Gasteiger partial charge on any atom is -0.378 e. The molecule has 0 saturated carbocycles. The second-order valence-electron chi connectivity index (χ2n) is 6.54. The zero-order valence-electron chi connectivity index (χ0n) is 16.0. The van der Waals surface area contributed by atoms with E-state index in [-0.39, 0.29) is 0 Å². The third-order valence-electron chi connectivity index (χ3n) is 4.45. The van der Waals surface area contributed by atoms with Gasteiger partial charge in [-0.3, -0.25) is 4.99 Å². The highest BCUT2D eigenvalue weighted by molar-refractivity contribution is 6.65. The van der Waals surface area contributed by atoms with Crippen LogP contribution in [0.5, 0.6) is 0 Å². The fraction of sp³-hybridized carbons (Fsp3) is 0.700. The second-order valence-corrected chi connectivity index (χ2v) is 7.45. The monoisotopic (exact) mass is 386 g/mol. The maximum atomic E-state index is 6.34. The molecule has 0 spiro atoms. The van der Waals surface area contributed by atoms with Gasteiger partial charge in [-0.15, -0.1) is 0 Å². The topological polar surface area (TPSA) is 34.0 Å². The Morgan fingerprint density at radius 2 is 2.00 bits per heavy atom. The minimum absolute atomic E-state index is 0.343. The molecular formula is C20H32Cl2N2O. The minimum atomic E-state index is 0.343. The molecule has 0 aromatic heterocycles. The summed E-state index contributed by atoms with van der Waals surface area (Å²) in [5.41, 5.74) is 1.74. The maximum Gasteiger partial charge on any atom is 0.156 e. The molecule has 0 amide bonds. The van der Waals surface area contributed by atoms with Crippen molar-refractivity contribution < 1.29 is 4.74 Å². The highest BCUT2D eigenvalue weighted by atomic mass is 35.5. The van der Waals surface area contributed by atoms with E-state index in [0.29, 0.717) is 28.0 Å². The van der Waals surface area contributed by atoms with Crippen molar-refractivity contribution in [3.8, 4) is 0 Å². The van der Waals surface area contributed by atoms with Crippen LogP contribution in [0.2, 0.25) is 0 Å². The number of hydrogen-bond donors (Lipinski definition) is 0. The molecule has 5 heteroatoms. The molecule has 0 N–H and O–H groups in total. The van der Waals surface area contributed by atoms with Gasteiger partial charge in [0.05, 0.1) is 6.10 Å². The fourth-order valence-electron chi connectivity index (χ4n) is 2.96. The van der Waals surface area contributed by atoms with Crippen molar-refractivity contribution in [2.24, 2.45) is 15.9 Å². The van der Waals surface area contributed by atoms with Crippen molar-refractivity contribution in [1.29, 1.82) is 0 Å². The summed E-state index contributed by atoms with van der Waals surface area (Å²) in [5.74, 6) is 0.502. The molecule has 25 heavy (non-hydrogen) atoms. The van der Waals surface area contributed by atoms with Gasteiger partial charge in [0.2, 0.25) is 0 Å². The predicted octanol–water partition coefficient (Wildman–Crippen LogP) is 6.85. The zero-order chi connectivity index (χ0) is 18.7. The van der Waals surface area contributed by atoms with Gasteiger partial charge in [0, 0.05) is 12.8 Å². The summed E-state index contributed by atoms with van der Waals surface area (Å²) in [6, 6.07) is 0. The van der Waals surface area contributed by atoms with Crippen molar-refractivity contribution >= 4 is 34.6 Å². The molecule has 1 saturated heterocycles. The van der Waals surface area contributed by atoms with Crippen LogP contribution in [0, 0.1) is 5.92 Å². The third kappa shape index (κ3) is 8.52. The summed E-state index contributed by atoms with van der Waals surface area (Å²) in [6.07, 6.45) is 12.1. The molecule has 142 valence electrons. The summed E-state index contributed by atoms with van der Waals surface area (Å²) >= 11 is 12.2. The first-order valence-electron chi connectivity index (χ1n) is 9.41. The summed E-state index contributed by atoms with van der Waals surface area (Å²) < 4.78 is 5.94. The Morgan fingerprint density at radius 3 is 2.56 bits per heavy atom. The molecule has 0 bridgehead atoms. The van der Waals surface area contributed by atoms with Crippen LogP contribution in [-0.4, -0.2) is 24.1 Å². The van der Waals surface area contributed by atoms with Crippen LogP contribution in [0.4, 0.5) is 0 Å². The van der Waals surface area contributed by atoms with E-state index in [1.807, 2.05) is 13.1 Å². The van der Waals surface area contributed by atoms with Gasteiger partial charge in [-0.2, -0.15) is 0 Å². The van der Waals surface area contributed by atoms with E-state index in [2.05, 4.69) is 29.9 Å². The molecule has 0 radical (unpaired) electrons. The van der Waals surface area contributed by atoms with Gasteiger partial charge in [0.1, 0.15) is 10.9 Å². The Labute approximate surface area is 163 Å². The highest BCUT2D eigenvalue weighted by Gasteiger charge is 2.22. The first kappa shape index (κ1) is 22.4. The van der Waals surface area contributed by atoms with Crippen LogP contribution < -0.4 is 0 Å². The Bertz CT molecular complexity index is 514. The Balaban J connectivity index is 2.88. The number of rotatable bonds is 9. The maximum absolute atomic E-state index is 6.34. The van der Waals surface area contributed by atoms with Crippen molar-refractivity contribution in [2.75, 3.05) is 6.61 Å². The number of unbranched alkanes of at least 4 members (excludes halogenated alkanes) is 1. The van der Waals surface area contributed by atoms with E-state index in [0.717, 1.165) is 44.3 Å². The lowest BCUT2D eigenvalue weighted by Crippen LogP contribution is -2.27. The van der Waals surface area contributed by atoms with Gasteiger partial charge in [0.25, 0.3) is 0 Å². The van der Waals surface area contributed by atoms with E-state index in [1.54, 1.807) is 6.92 Å². The summed E-state index contributed by atoms with van der Waals surface area (Å²) in [4.78, 5) is 8.81. The lowest BCUT2D eigenvalue weighted by molar-refractivity contribution is -0.0198. The van der Waals surface area contributed by atoms with E-state index in [9.17, 15) is 0 Å². The van der Waals surface area contributed by atoms with Crippen molar-refractivity contribution in [2.45, 2.75) is 78.7 Å². The molecule has 2 atom stereocenters. The SMILES string of the molecule is CCC/C=C(C)/C(/N=C\CC(CC)C1CCCCO1)=C(Cl)\N=C(/C)Cl. The molecule has 1 fully saturated rings. The summed E-state index contributed by atoms with van der Waals surface area (Å²) in [6.45, 7) is 8.98. The Kier molecular flexibility index (Phi) is 11.4. The molecule has 1 aliphatic heterocycles. The summed E-state index contributed by atoms with van der Waals surface area (Å²) in [7, 11) is 0. The molecule has 0 aliphatic carbocycles. The molecule has 1 rings (SSSR count). The quantitative estimate of drug-likeness (QED) is 0.242. The van der Waals surface area contributed by atoms with Crippen LogP contribution in [0.15, 0.2) is 32.5 Å².